The molecule has 0 rings (SSSR count). The van der Waals surface area contributed by atoms with Crippen LogP contribution in [0.4, 0.5) is 0 Å². The Bertz CT molecular complexity index is 19.1. The van der Waals surface area contributed by atoms with E-state index in [1.165, 1.54) is 0 Å². The van der Waals surface area contributed by atoms with E-state index in [1.54, 1.807) is 0 Å². The molecule has 4 nitrogen and oxygen atoms in total. The Kier molecular flexibility index (Phi) is 1.32. The highest BCUT2D eigenvalue weighted by molar-refractivity contribution is 6.46. The molecule has 0 radical (unpaired) electrons. The minimum absolute atomic E-state index is 4.83. The lowest BCUT2D eigenvalue weighted by Gasteiger charge is -2.00. The first-order valence-corrected chi connectivity index (χ1v) is 3.10. The summed E-state index contributed by atoms with van der Waals surface area (Å²) in [6.07, 6.45) is 0. The van der Waals surface area contributed by atoms with E-state index < -0.39 is 14.4 Å². The van der Waals surface area contributed by atoms with Gasteiger partial charge in [0.1, 0.15) is 0 Å². The monoisotopic (exact) mass is 95.0 g/mol. The van der Waals surface area contributed by atoms with Crippen molar-refractivity contribution in [3.05, 3.63) is 0 Å². The fraction of sp³-hybridized carbons (Fsp3) is 0. The highest BCUT2D eigenvalue weighted by atomic mass is 27.3. The minimum atomic E-state index is -4.83. The molecule has 4 N–H and O–H groups in total. The van der Waals surface area contributed by atoms with Crippen LogP contribution in [0, 0.1) is 0 Å². The van der Waals surface area contributed by atoms with E-state index in [0.717, 1.165) is 0 Å². The third-order valence-electron chi connectivity index (χ3n) is 0. The second kappa shape index (κ2) is 1.22. The molecular formula is H4AlO4-. The van der Waals surface area contributed by atoms with Crippen molar-refractivity contribution in [2.45, 2.75) is 0 Å². The summed E-state index contributed by atoms with van der Waals surface area (Å²) in [6.45, 7) is 0. The van der Waals surface area contributed by atoms with Crippen LogP contribution >= 0.6 is 0 Å². The van der Waals surface area contributed by atoms with E-state index in [2.05, 4.69) is 0 Å². The molecule has 0 unspecified atom stereocenters. The van der Waals surface area contributed by atoms with Gasteiger partial charge in [0.15, 0.2) is 0 Å². The highest BCUT2D eigenvalue weighted by Crippen LogP contribution is 1.67. The quantitative estimate of drug-likeness (QED) is 0.248. The zero-order valence-electron chi connectivity index (χ0n) is 2.37. The summed E-state index contributed by atoms with van der Waals surface area (Å²) in [5.41, 5.74) is 0. The van der Waals surface area contributed by atoms with Crippen molar-refractivity contribution in [3.8, 4) is 0 Å². The van der Waals surface area contributed by atoms with Crippen LogP contribution in [0.2, 0.25) is 0 Å². The van der Waals surface area contributed by atoms with Gasteiger partial charge in [-0.25, -0.2) is 0 Å². The van der Waals surface area contributed by atoms with Gasteiger partial charge >= 0.3 is 14.4 Å². The molecule has 0 bridgehead atoms. The molecule has 0 aromatic carbocycles. The third-order valence-corrected chi connectivity index (χ3v) is 0. The fourth-order valence-corrected chi connectivity index (χ4v) is 0. The van der Waals surface area contributed by atoms with Crippen LogP contribution in [0.3, 0.4) is 0 Å². The standard InChI is InChI=1S/Al.4H2O/h;4*1H2/q+3;;;;/p-4. The molecule has 32 valence electrons. The Balaban J connectivity index is 3.02. The average molecular weight is 95.0 g/mol. The Morgan fingerprint density at radius 1 is 0.800 bits per heavy atom. The largest absolute Gasteiger partial charge is 0.865 e. The minimum Gasteiger partial charge on any atom is -0.602 e. The molecule has 0 heterocycles. The molecule has 0 aliphatic carbocycles. The van der Waals surface area contributed by atoms with Gasteiger partial charge in [0, 0.05) is 0 Å². The van der Waals surface area contributed by atoms with Gasteiger partial charge in [0.05, 0.1) is 0 Å². The molecule has 0 aromatic rings. The van der Waals surface area contributed by atoms with Crippen LogP contribution < -0.4 is 0 Å². The molecule has 5 heavy (non-hydrogen) atoms. The predicted molar refractivity (Wildman–Crippen MR) is 14.6 cm³/mol. The van der Waals surface area contributed by atoms with E-state index in [0.29, 0.717) is 0 Å². The van der Waals surface area contributed by atoms with Crippen molar-refractivity contribution in [1.29, 1.82) is 0 Å². The zero-order chi connectivity index (χ0) is 4.50. The highest BCUT2D eigenvalue weighted by Gasteiger charge is 2.26. The van der Waals surface area contributed by atoms with E-state index in [4.69, 9.17) is 16.6 Å². The maximum absolute atomic E-state index is 7.35. The van der Waals surface area contributed by atoms with Gasteiger partial charge in [0.25, 0.3) is 0 Å². The zero-order valence-corrected chi connectivity index (χ0v) is 3.52. The Labute approximate surface area is 31.9 Å². The van der Waals surface area contributed by atoms with Crippen molar-refractivity contribution in [2.24, 2.45) is 0 Å². The molecule has 0 aromatic heterocycles. The Morgan fingerprint density at radius 2 is 0.800 bits per heavy atom. The lowest BCUT2D eigenvalue weighted by Crippen LogP contribution is -2.33. The maximum Gasteiger partial charge on any atom is 0.865 e. The van der Waals surface area contributed by atoms with Gasteiger partial charge in [-0.05, 0) is 0 Å². The molecule has 0 atom stereocenters. The van der Waals surface area contributed by atoms with Crippen LogP contribution in [-0.2, 0) is 0 Å². The number of hydrogen-bond acceptors (Lipinski definition) is 4. The van der Waals surface area contributed by atoms with Crippen molar-refractivity contribution >= 4 is 14.4 Å². The summed E-state index contributed by atoms with van der Waals surface area (Å²) in [4.78, 5) is 0. The first kappa shape index (κ1) is 5.37. The third kappa shape index (κ3) is 177. The predicted octanol–water partition coefficient (Wildman–Crippen LogP) is -2.61. The summed E-state index contributed by atoms with van der Waals surface area (Å²) in [5, 5.41) is 0. The van der Waals surface area contributed by atoms with Crippen LogP contribution in [0.5, 0.6) is 0 Å². The molecule has 0 aliphatic heterocycles. The van der Waals surface area contributed by atoms with Gasteiger partial charge < -0.3 is 16.6 Å². The van der Waals surface area contributed by atoms with Crippen LogP contribution in [0.15, 0.2) is 0 Å². The molecule has 0 aliphatic rings. The second-order valence-electron chi connectivity index (χ2n) is 0.693. The van der Waals surface area contributed by atoms with Gasteiger partial charge in [-0.3, -0.25) is 0 Å². The van der Waals surface area contributed by atoms with Crippen molar-refractivity contribution < 1.29 is 16.6 Å². The van der Waals surface area contributed by atoms with Gasteiger partial charge in [-0.15, -0.1) is 0 Å². The van der Waals surface area contributed by atoms with E-state index in [9.17, 15) is 0 Å². The first-order chi connectivity index (χ1) is 2.00. The van der Waals surface area contributed by atoms with Gasteiger partial charge in [0.2, 0.25) is 0 Å². The van der Waals surface area contributed by atoms with Gasteiger partial charge in [-0.2, -0.15) is 0 Å². The molecule has 0 amide bonds. The molecule has 5 heteroatoms. The van der Waals surface area contributed by atoms with Crippen LogP contribution in [-0.4, -0.2) is 31.0 Å². The molecular weight excluding hydrogens is 91.0 g/mol. The second-order valence-corrected chi connectivity index (χ2v) is 2.08. The molecule has 0 saturated heterocycles. The average Bonchev–Trinajstić information content (AvgIpc) is 0.722. The number of rotatable bonds is 0. The smallest absolute Gasteiger partial charge is 0.602 e. The van der Waals surface area contributed by atoms with E-state index in [1.807, 2.05) is 0 Å². The fourth-order valence-electron chi connectivity index (χ4n) is 0. The summed E-state index contributed by atoms with van der Waals surface area (Å²) < 4.78 is 29.4. The van der Waals surface area contributed by atoms with E-state index >= 15 is 0 Å². The molecule has 0 spiro atoms. The maximum atomic E-state index is 7.35. The lowest BCUT2D eigenvalue weighted by molar-refractivity contribution is 0.117. The molecule has 0 fully saturated rings. The van der Waals surface area contributed by atoms with E-state index in [-0.39, 0.29) is 0 Å². The summed E-state index contributed by atoms with van der Waals surface area (Å²) in [7, 11) is 0. The molecule has 0 saturated carbocycles. The number of hydrogen-bond donors (Lipinski definition) is 4. The summed E-state index contributed by atoms with van der Waals surface area (Å²) in [6, 6.07) is 0. The Hall–Kier alpha value is 0.372. The van der Waals surface area contributed by atoms with Crippen molar-refractivity contribution in [1.82, 2.24) is 0 Å². The Morgan fingerprint density at radius 3 is 0.800 bits per heavy atom. The van der Waals surface area contributed by atoms with Gasteiger partial charge in [-0.1, -0.05) is 0 Å². The first-order valence-electron chi connectivity index (χ1n) is 1.03. The lowest BCUT2D eigenvalue weighted by atomic mass is 15.6. The summed E-state index contributed by atoms with van der Waals surface area (Å²) in [5.74, 6) is 0. The normalized spacial score (nSPS) is 12.0. The van der Waals surface area contributed by atoms with Crippen LogP contribution in [0.25, 0.3) is 0 Å². The SMILES string of the molecule is [OH][Al-]([OH])([OH])[OH]. The van der Waals surface area contributed by atoms with Crippen molar-refractivity contribution in [2.75, 3.05) is 0 Å². The topological polar surface area (TPSA) is 80.9 Å². The van der Waals surface area contributed by atoms with Crippen LogP contribution in [0.1, 0.15) is 0 Å². The van der Waals surface area contributed by atoms with Crippen molar-refractivity contribution in [3.63, 3.8) is 0 Å². The summed E-state index contributed by atoms with van der Waals surface area (Å²) >= 11 is -4.83.